The van der Waals surface area contributed by atoms with Gasteiger partial charge in [0.15, 0.2) is 0 Å². The Morgan fingerprint density at radius 1 is 1.07 bits per heavy atom. The second kappa shape index (κ2) is 9.50. The molecule has 1 amide bonds. The zero-order valence-corrected chi connectivity index (χ0v) is 16.0. The average Bonchev–Trinajstić information content (AvgIpc) is 2.76. The quantitative estimate of drug-likeness (QED) is 0.613. The molecule has 0 radical (unpaired) electrons. The summed E-state index contributed by atoms with van der Waals surface area (Å²) in [5.74, 6) is -1.42. The van der Waals surface area contributed by atoms with Crippen molar-refractivity contribution in [1.82, 2.24) is 10.3 Å². The number of amides is 1. The van der Waals surface area contributed by atoms with Crippen molar-refractivity contribution in [3.8, 4) is 5.75 Å². The van der Waals surface area contributed by atoms with Crippen molar-refractivity contribution in [1.29, 1.82) is 0 Å². The van der Waals surface area contributed by atoms with Crippen LogP contribution in [0.25, 0.3) is 0 Å². The van der Waals surface area contributed by atoms with Gasteiger partial charge in [0.05, 0.1) is 0 Å². The minimum atomic E-state index is -1.08. The second-order valence-electron chi connectivity index (χ2n) is 6.67. The van der Waals surface area contributed by atoms with E-state index in [0.717, 1.165) is 11.1 Å². The molecule has 6 heteroatoms. The molecule has 2 unspecified atom stereocenters. The molecule has 2 N–H and O–H groups in total. The van der Waals surface area contributed by atoms with Crippen LogP contribution in [-0.4, -0.2) is 28.0 Å². The van der Waals surface area contributed by atoms with Crippen molar-refractivity contribution in [2.75, 3.05) is 0 Å². The summed E-state index contributed by atoms with van der Waals surface area (Å²) in [6.07, 6.45) is 3.39. The van der Waals surface area contributed by atoms with Gasteiger partial charge < -0.3 is 15.2 Å². The summed E-state index contributed by atoms with van der Waals surface area (Å²) < 4.78 is 5.72. The smallest absolute Gasteiger partial charge is 0.326 e. The van der Waals surface area contributed by atoms with Gasteiger partial charge in [0.25, 0.3) is 5.91 Å². The number of rotatable bonds is 8. The SMILES string of the molecule is CC(c1ccccc1)C(NC(=O)c1cccc(OCc2cccnc2)c1)C(=O)O. The molecule has 6 nitrogen and oxygen atoms in total. The fourth-order valence-corrected chi connectivity index (χ4v) is 2.95. The molecule has 2 aromatic carbocycles. The topological polar surface area (TPSA) is 88.5 Å². The number of pyridine rings is 1. The van der Waals surface area contributed by atoms with Gasteiger partial charge in [-0.3, -0.25) is 9.78 Å². The number of aliphatic carboxylic acids is 1. The number of carbonyl (C=O) groups excluding carboxylic acids is 1. The molecule has 3 rings (SSSR count). The third-order valence-corrected chi connectivity index (χ3v) is 4.60. The molecular formula is C23H22N2O4. The van der Waals surface area contributed by atoms with E-state index in [-0.39, 0.29) is 5.92 Å². The highest BCUT2D eigenvalue weighted by Gasteiger charge is 2.28. The Hall–Kier alpha value is -3.67. The Bertz CT molecular complexity index is 961. The highest BCUT2D eigenvalue weighted by molar-refractivity contribution is 5.97. The van der Waals surface area contributed by atoms with Gasteiger partial charge in [-0.05, 0) is 29.8 Å². The number of benzene rings is 2. The first-order valence-electron chi connectivity index (χ1n) is 9.25. The van der Waals surface area contributed by atoms with E-state index in [9.17, 15) is 14.7 Å². The van der Waals surface area contributed by atoms with Crippen LogP contribution in [0.15, 0.2) is 79.1 Å². The lowest BCUT2D eigenvalue weighted by molar-refractivity contribution is -0.139. The highest BCUT2D eigenvalue weighted by Crippen LogP contribution is 2.20. The summed E-state index contributed by atoms with van der Waals surface area (Å²) >= 11 is 0. The summed E-state index contributed by atoms with van der Waals surface area (Å²) in [6.45, 7) is 2.10. The zero-order chi connectivity index (χ0) is 20.6. The van der Waals surface area contributed by atoms with Gasteiger partial charge >= 0.3 is 5.97 Å². The molecular weight excluding hydrogens is 368 g/mol. The lowest BCUT2D eigenvalue weighted by atomic mass is 9.93. The molecule has 0 saturated heterocycles. The third kappa shape index (κ3) is 5.42. The Morgan fingerprint density at radius 3 is 2.55 bits per heavy atom. The first-order valence-corrected chi connectivity index (χ1v) is 9.25. The summed E-state index contributed by atoms with van der Waals surface area (Å²) in [5.41, 5.74) is 2.08. The van der Waals surface area contributed by atoms with E-state index in [0.29, 0.717) is 17.9 Å². The predicted molar refractivity (Wildman–Crippen MR) is 109 cm³/mol. The van der Waals surface area contributed by atoms with Crippen LogP contribution in [0.4, 0.5) is 0 Å². The average molecular weight is 390 g/mol. The van der Waals surface area contributed by atoms with Gasteiger partial charge in [0, 0.05) is 29.4 Å². The van der Waals surface area contributed by atoms with Crippen molar-refractivity contribution in [3.63, 3.8) is 0 Å². The fourth-order valence-electron chi connectivity index (χ4n) is 2.95. The Balaban J connectivity index is 1.69. The van der Waals surface area contributed by atoms with E-state index >= 15 is 0 Å². The first kappa shape index (κ1) is 20.1. The Morgan fingerprint density at radius 2 is 1.86 bits per heavy atom. The zero-order valence-electron chi connectivity index (χ0n) is 16.0. The van der Waals surface area contributed by atoms with Crippen LogP contribution in [-0.2, 0) is 11.4 Å². The fraction of sp³-hybridized carbons (Fsp3) is 0.174. The molecule has 148 valence electrons. The van der Waals surface area contributed by atoms with E-state index < -0.39 is 17.9 Å². The maximum absolute atomic E-state index is 12.7. The minimum absolute atomic E-state index is 0.321. The standard InChI is InChI=1S/C23H22N2O4/c1-16(18-8-3-2-4-9-18)21(23(27)28)25-22(26)19-10-5-11-20(13-19)29-15-17-7-6-12-24-14-17/h2-14,16,21H,15H2,1H3,(H,25,26)(H,27,28). The third-order valence-electron chi connectivity index (χ3n) is 4.60. The predicted octanol–water partition coefficient (Wildman–Crippen LogP) is 3.65. The van der Waals surface area contributed by atoms with Crippen LogP contribution < -0.4 is 10.1 Å². The summed E-state index contributed by atoms with van der Waals surface area (Å²) in [4.78, 5) is 28.5. The van der Waals surface area contributed by atoms with Gasteiger partial charge in [0.1, 0.15) is 18.4 Å². The number of hydrogen-bond acceptors (Lipinski definition) is 4. The molecule has 0 fully saturated rings. The number of nitrogens with one attached hydrogen (secondary N) is 1. The number of aromatic nitrogens is 1. The highest BCUT2D eigenvalue weighted by atomic mass is 16.5. The van der Waals surface area contributed by atoms with Crippen LogP contribution in [0.2, 0.25) is 0 Å². The first-order chi connectivity index (χ1) is 14.0. The molecule has 0 saturated carbocycles. The molecule has 0 spiro atoms. The molecule has 1 aromatic heterocycles. The second-order valence-corrected chi connectivity index (χ2v) is 6.67. The molecule has 0 aliphatic heterocycles. The number of hydrogen-bond donors (Lipinski definition) is 2. The number of carboxylic acid groups (broad SMARTS) is 1. The largest absolute Gasteiger partial charge is 0.489 e. The van der Waals surface area contributed by atoms with Gasteiger partial charge in [-0.2, -0.15) is 0 Å². The molecule has 29 heavy (non-hydrogen) atoms. The van der Waals surface area contributed by atoms with Gasteiger partial charge in [-0.1, -0.05) is 49.4 Å². The molecule has 3 aromatic rings. The number of ether oxygens (including phenoxy) is 1. The van der Waals surface area contributed by atoms with Gasteiger partial charge in [-0.25, -0.2) is 4.79 Å². The van der Waals surface area contributed by atoms with Crippen molar-refractivity contribution in [3.05, 3.63) is 95.8 Å². The van der Waals surface area contributed by atoms with Crippen molar-refractivity contribution in [2.45, 2.75) is 25.5 Å². The minimum Gasteiger partial charge on any atom is -0.489 e. The Labute approximate surface area is 169 Å². The van der Waals surface area contributed by atoms with Crippen LogP contribution in [0.3, 0.4) is 0 Å². The van der Waals surface area contributed by atoms with E-state index in [1.54, 1.807) is 43.6 Å². The van der Waals surface area contributed by atoms with E-state index in [4.69, 9.17) is 4.74 Å². The van der Waals surface area contributed by atoms with Crippen LogP contribution in [0.5, 0.6) is 5.75 Å². The maximum atomic E-state index is 12.7. The molecule has 0 aliphatic rings. The molecule has 0 bridgehead atoms. The number of nitrogens with zero attached hydrogens (tertiary/aromatic N) is 1. The lowest BCUT2D eigenvalue weighted by Crippen LogP contribution is -2.44. The Kier molecular flexibility index (Phi) is 6.58. The van der Waals surface area contributed by atoms with E-state index in [1.165, 1.54) is 0 Å². The van der Waals surface area contributed by atoms with E-state index in [1.807, 2.05) is 42.5 Å². The van der Waals surface area contributed by atoms with Gasteiger partial charge in [0.2, 0.25) is 0 Å². The monoisotopic (exact) mass is 390 g/mol. The van der Waals surface area contributed by atoms with Gasteiger partial charge in [-0.15, -0.1) is 0 Å². The number of carbonyl (C=O) groups is 2. The van der Waals surface area contributed by atoms with E-state index in [2.05, 4.69) is 10.3 Å². The molecule has 1 heterocycles. The van der Waals surface area contributed by atoms with Crippen LogP contribution >= 0.6 is 0 Å². The van der Waals surface area contributed by atoms with Crippen LogP contribution in [0.1, 0.15) is 34.3 Å². The maximum Gasteiger partial charge on any atom is 0.326 e. The number of carboxylic acids is 1. The van der Waals surface area contributed by atoms with Crippen molar-refractivity contribution >= 4 is 11.9 Å². The molecule has 2 atom stereocenters. The lowest BCUT2D eigenvalue weighted by Gasteiger charge is -2.22. The summed E-state index contributed by atoms with van der Waals surface area (Å²) in [7, 11) is 0. The normalized spacial score (nSPS) is 12.6. The van der Waals surface area contributed by atoms with Crippen LogP contribution in [0, 0.1) is 0 Å². The van der Waals surface area contributed by atoms with Crippen molar-refractivity contribution in [2.24, 2.45) is 0 Å². The summed E-state index contributed by atoms with van der Waals surface area (Å²) in [6, 6.07) is 18.6. The van der Waals surface area contributed by atoms with Crippen molar-refractivity contribution < 1.29 is 19.4 Å². The summed E-state index contributed by atoms with van der Waals surface area (Å²) in [5, 5.41) is 12.2. The molecule has 0 aliphatic carbocycles.